The molecule has 0 unspecified atom stereocenters. The van der Waals surface area contributed by atoms with Crippen LogP contribution >= 0.6 is 0 Å². The SMILES string of the molecule is O=C(N[C@@H]1CC[C@@]2(S(=O)(=O)c3ccc(F)cc3)c3ccc(C(F)(C(F)(F)F)C(F)(F)F)cc3NC[C@@H]12)C1(O)CCOCC1. The first-order valence-corrected chi connectivity index (χ1v) is 14.7. The number of rotatable bonds is 5. The van der Waals surface area contributed by atoms with Gasteiger partial charge in [-0.3, -0.25) is 4.79 Å². The van der Waals surface area contributed by atoms with Crippen LogP contribution in [0.4, 0.5) is 40.8 Å². The normalized spacial score (nSPS) is 25.8. The summed E-state index contributed by atoms with van der Waals surface area (Å²) in [7, 11) is -4.58. The maximum atomic E-state index is 14.9. The highest BCUT2D eigenvalue weighted by molar-refractivity contribution is 7.92. The van der Waals surface area contributed by atoms with Crippen molar-refractivity contribution in [2.75, 3.05) is 25.1 Å². The second-order valence-electron chi connectivity index (χ2n) is 11.0. The second kappa shape index (κ2) is 10.3. The van der Waals surface area contributed by atoms with E-state index in [0.717, 1.165) is 24.3 Å². The number of aliphatic hydroxyl groups is 1. The quantitative estimate of drug-likeness (QED) is 0.324. The lowest BCUT2D eigenvalue weighted by atomic mass is 9.80. The third-order valence-corrected chi connectivity index (χ3v) is 11.3. The molecule has 5 rings (SSSR count). The Bertz CT molecular complexity index is 1490. The van der Waals surface area contributed by atoms with Crippen molar-refractivity contribution in [1.29, 1.82) is 0 Å². The van der Waals surface area contributed by atoms with Crippen molar-refractivity contribution in [3.63, 3.8) is 0 Å². The van der Waals surface area contributed by atoms with Crippen molar-refractivity contribution in [2.24, 2.45) is 5.92 Å². The minimum absolute atomic E-state index is 0.00949. The van der Waals surface area contributed by atoms with Crippen molar-refractivity contribution in [1.82, 2.24) is 5.32 Å². The number of sulfone groups is 1. The van der Waals surface area contributed by atoms with E-state index in [1.54, 1.807) is 0 Å². The standard InChI is InChI=1S/C27H26F8N2O5S/c28-16-2-4-17(5-3-16)43(40,41)24-8-7-20(37-22(38)23(39)9-11-42-12-10-23)19(24)14-36-21-13-15(1-6-18(21)24)25(29,26(30,31)32)27(33,34)35/h1-6,13,19-20,36,39H,7-12,14H2,(H,37,38)/t19-,20+,24+/m0/s1. The number of halogens is 8. The van der Waals surface area contributed by atoms with E-state index in [2.05, 4.69) is 10.6 Å². The summed E-state index contributed by atoms with van der Waals surface area (Å²) in [5.41, 5.74) is -10.0. The highest BCUT2D eigenvalue weighted by atomic mass is 32.2. The number of alkyl halides is 7. The average molecular weight is 643 g/mol. The zero-order valence-electron chi connectivity index (χ0n) is 22.2. The Morgan fingerprint density at radius 2 is 1.56 bits per heavy atom. The van der Waals surface area contributed by atoms with Crippen LogP contribution in [0, 0.1) is 11.7 Å². The molecule has 3 aliphatic rings. The molecule has 2 heterocycles. The van der Waals surface area contributed by atoms with Gasteiger partial charge in [0.15, 0.2) is 9.84 Å². The Balaban J connectivity index is 1.63. The second-order valence-corrected chi connectivity index (χ2v) is 13.2. The van der Waals surface area contributed by atoms with Gasteiger partial charge in [0.2, 0.25) is 0 Å². The summed E-state index contributed by atoms with van der Waals surface area (Å²) in [6.45, 7) is -0.158. The number of benzene rings is 2. The predicted molar refractivity (Wildman–Crippen MR) is 135 cm³/mol. The summed E-state index contributed by atoms with van der Waals surface area (Å²) in [6.07, 6.45) is -13.1. The molecule has 2 aromatic rings. The first-order valence-electron chi connectivity index (χ1n) is 13.2. The molecule has 16 heteroatoms. The molecule has 0 spiro atoms. The number of hydrogen-bond donors (Lipinski definition) is 3. The Morgan fingerprint density at radius 3 is 2.14 bits per heavy atom. The van der Waals surface area contributed by atoms with E-state index in [1.165, 1.54) is 0 Å². The van der Waals surface area contributed by atoms with Gasteiger partial charge in [0.05, 0.1) is 4.90 Å². The summed E-state index contributed by atoms with van der Waals surface area (Å²) in [6, 6.07) is 4.05. The van der Waals surface area contributed by atoms with Crippen LogP contribution in [0.1, 0.15) is 36.8 Å². The Labute approximate surface area is 240 Å². The van der Waals surface area contributed by atoms with Crippen molar-refractivity contribution in [2.45, 2.75) is 65.0 Å². The van der Waals surface area contributed by atoms with Crippen LogP contribution in [-0.4, -0.2) is 63.2 Å². The van der Waals surface area contributed by atoms with Crippen molar-refractivity contribution in [3.05, 3.63) is 59.4 Å². The molecule has 7 nitrogen and oxygen atoms in total. The fraction of sp³-hybridized carbons (Fsp3) is 0.519. The lowest BCUT2D eigenvalue weighted by Crippen LogP contribution is -2.57. The molecule has 3 atom stereocenters. The summed E-state index contributed by atoms with van der Waals surface area (Å²) in [5, 5.41) is 16.2. The fourth-order valence-corrected chi connectivity index (χ4v) is 8.83. The van der Waals surface area contributed by atoms with Gasteiger partial charge >= 0.3 is 18.0 Å². The van der Waals surface area contributed by atoms with Crippen LogP contribution in [0.25, 0.3) is 0 Å². The zero-order chi connectivity index (χ0) is 31.6. The molecule has 236 valence electrons. The van der Waals surface area contributed by atoms with Gasteiger partial charge in [-0.15, -0.1) is 0 Å². The number of hydrogen-bond acceptors (Lipinski definition) is 6. The Hall–Kier alpha value is -2.98. The molecule has 3 N–H and O–H groups in total. The van der Waals surface area contributed by atoms with Gasteiger partial charge in [-0.2, -0.15) is 26.3 Å². The van der Waals surface area contributed by atoms with Crippen LogP contribution in [0.5, 0.6) is 0 Å². The van der Waals surface area contributed by atoms with Gasteiger partial charge in [-0.1, -0.05) is 12.1 Å². The molecule has 0 bridgehead atoms. The highest BCUT2D eigenvalue weighted by Gasteiger charge is 2.74. The van der Waals surface area contributed by atoms with E-state index < -0.39 is 73.1 Å². The molecule has 0 aromatic heterocycles. The van der Waals surface area contributed by atoms with E-state index >= 15 is 0 Å². The number of anilines is 1. The van der Waals surface area contributed by atoms with Crippen molar-refractivity contribution >= 4 is 21.4 Å². The highest BCUT2D eigenvalue weighted by Crippen LogP contribution is 2.58. The summed E-state index contributed by atoms with van der Waals surface area (Å²) in [5.74, 6) is -2.59. The largest absolute Gasteiger partial charge is 0.435 e. The fourth-order valence-electron chi connectivity index (χ4n) is 6.42. The molecule has 1 saturated carbocycles. The Kier molecular flexibility index (Phi) is 7.53. The van der Waals surface area contributed by atoms with Crippen LogP contribution in [-0.2, 0) is 29.8 Å². The number of fused-ring (bicyclic) bond motifs is 3. The average Bonchev–Trinajstić information content (AvgIpc) is 3.32. The molecule has 0 radical (unpaired) electrons. The molecule has 2 fully saturated rings. The van der Waals surface area contributed by atoms with Crippen molar-refractivity contribution < 1.29 is 58.2 Å². The first-order chi connectivity index (χ1) is 19.9. The van der Waals surface area contributed by atoms with Crippen LogP contribution in [0.15, 0.2) is 47.4 Å². The smallest absolute Gasteiger partial charge is 0.384 e. The van der Waals surface area contributed by atoms with Gasteiger partial charge < -0.3 is 20.5 Å². The number of nitrogens with one attached hydrogen (secondary N) is 2. The molecular formula is C27H26F8N2O5S. The van der Waals surface area contributed by atoms with Gasteiger partial charge in [0.1, 0.15) is 16.2 Å². The maximum absolute atomic E-state index is 14.9. The molecule has 2 aromatic carbocycles. The maximum Gasteiger partial charge on any atom is 0.435 e. The van der Waals surface area contributed by atoms with E-state index in [-0.39, 0.29) is 62.0 Å². The van der Waals surface area contributed by atoms with Gasteiger partial charge in [-0.05, 0) is 48.7 Å². The van der Waals surface area contributed by atoms with Crippen LogP contribution < -0.4 is 10.6 Å². The molecule has 1 saturated heterocycles. The van der Waals surface area contributed by atoms with Gasteiger partial charge in [-0.25, -0.2) is 17.2 Å². The third-order valence-electron chi connectivity index (χ3n) is 8.74. The molecule has 1 amide bonds. The lowest BCUT2D eigenvalue weighted by Gasteiger charge is -2.43. The van der Waals surface area contributed by atoms with Gasteiger partial charge in [0, 0.05) is 55.8 Å². The summed E-state index contributed by atoms with van der Waals surface area (Å²) >= 11 is 0. The summed E-state index contributed by atoms with van der Waals surface area (Å²) in [4.78, 5) is 12.7. The Morgan fingerprint density at radius 1 is 0.953 bits per heavy atom. The number of amides is 1. The van der Waals surface area contributed by atoms with E-state index in [0.29, 0.717) is 12.1 Å². The lowest BCUT2D eigenvalue weighted by molar-refractivity contribution is -0.348. The molecule has 43 heavy (non-hydrogen) atoms. The molecule has 2 aliphatic heterocycles. The minimum Gasteiger partial charge on any atom is -0.384 e. The topological polar surface area (TPSA) is 105 Å². The minimum atomic E-state index is -6.39. The number of carbonyl (C=O) groups excluding carboxylic acids is 1. The first kappa shape index (κ1) is 31.4. The van der Waals surface area contributed by atoms with Crippen molar-refractivity contribution in [3.8, 4) is 0 Å². The predicted octanol–water partition coefficient (Wildman–Crippen LogP) is 4.65. The monoisotopic (exact) mass is 642 g/mol. The summed E-state index contributed by atoms with van der Waals surface area (Å²) < 4.78 is 141. The molecular weight excluding hydrogens is 616 g/mol. The van der Waals surface area contributed by atoms with Crippen LogP contribution in [0.2, 0.25) is 0 Å². The van der Waals surface area contributed by atoms with E-state index in [4.69, 9.17) is 4.74 Å². The zero-order valence-corrected chi connectivity index (χ0v) is 23.0. The molecule has 1 aliphatic carbocycles. The third kappa shape index (κ3) is 4.76. The van der Waals surface area contributed by atoms with Gasteiger partial charge in [0.25, 0.3) is 5.91 Å². The van der Waals surface area contributed by atoms with E-state index in [1.807, 2.05) is 0 Å². The number of ether oxygens (including phenoxy) is 1. The van der Waals surface area contributed by atoms with E-state index in [9.17, 15) is 53.4 Å². The van der Waals surface area contributed by atoms with Crippen LogP contribution in [0.3, 0.4) is 0 Å². The number of carbonyl (C=O) groups is 1.